The largest absolute Gasteiger partial charge is 0.444 e. The van der Waals surface area contributed by atoms with Crippen molar-refractivity contribution in [3.63, 3.8) is 0 Å². The van der Waals surface area contributed by atoms with Gasteiger partial charge in [0.1, 0.15) is 11.2 Å². The smallest absolute Gasteiger partial charge is 0.414 e. The van der Waals surface area contributed by atoms with Gasteiger partial charge in [0.2, 0.25) is 5.96 Å². The number of benzene rings is 1. The quantitative estimate of drug-likeness (QED) is 0.478. The van der Waals surface area contributed by atoms with Gasteiger partial charge in [0.25, 0.3) is 0 Å². The monoisotopic (exact) mass is 461 g/mol. The van der Waals surface area contributed by atoms with Crippen LogP contribution in [0, 0.1) is 0 Å². The number of amides is 2. The number of hydrogen-bond acceptors (Lipinski definition) is 5. The van der Waals surface area contributed by atoms with E-state index >= 15 is 0 Å². The molecule has 0 saturated carbocycles. The Morgan fingerprint density at radius 1 is 1.04 bits per heavy atom. The molecule has 0 aliphatic rings. The van der Waals surface area contributed by atoms with Crippen LogP contribution in [0.25, 0.3) is 0 Å². The molecule has 0 spiro atoms. The van der Waals surface area contributed by atoms with E-state index in [1.807, 2.05) is 6.07 Å². The fraction of sp³-hybridized carbons (Fsp3) is 0.500. The van der Waals surface area contributed by atoms with Crippen LogP contribution in [0.1, 0.15) is 47.1 Å². The third-order valence-electron chi connectivity index (χ3n) is 2.66. The molecule has 150 valence electrons. The zero-order chi connectivity index (χ0) is 20.8. The van der Waals surface area contributed by atoms with Gasteiger partial charge in [-0.1, -0.05) is 33.6 Å². The minimum Gasteiger partial charge on any atom is -0.444 e. The maximum absolute atomic E-state index is 12.0. The SMILES string of the molecule is CC(C)(C)OC(=O)NC(=NCc1ccc(Br)cc1Cl)NC(=O)OC(C)(C)C. The number of nitrogens with zero attached hydrogens (tertiary/aromatic N) is 1. The molecule has 1 aromatic rings. The minimum absolute atomic E-state index is 0.0996. The van der Waals surface area contributed by atoms with E-state index in [0.29, 0.717) is 10.6 Å². The number of hydrogen-bond donors (Lipinski definition) is 2. The third kappa shape index (κ3) is 10.2. The second-order valence-electron chi connectivity index (χ2n) is 7.65. The molecule has 7 nitrogen and oxygen atoms in total. The van der Waals surface area contributed by atoms with Crippen molar-refractivity contribution in [2.24, 2.45) is 4.99 Å². The number of halogens is 2. The summed E-state index contributed by atoms with van der Waals surface area (Å²) in [6.45, 7) is 10.5. The lowest BCUT2D eigenvalue weighted by Gasteiger charge is -2.22. The van der Waals surface area contributed by atoms with Gasteiger partial charge in [-0.15, -0.1) is 0 Å². The van der Waals surface area contributed by atoms with Crippen molar-refractivity contribution in [3.05, 3.63) is 33.3 Å². The van der Waals surface area contributed by atoms with Crippen LogP contribution in [0.4, 0.5) is 9.59 Å². The average Bonchev–Trinajstić information content (AvgIpc) is 2.41. The van der Waals surface area contributed by atoms with Crippen LogP contribution in [0.3, 0.4) is 0 Å². The molecule has 0 aromatic heterocycles. The maximum Gasteiger partial charge on any atom is 0.414 e. The Morgan fingerprint density at radius 2 is 1.52 bits per heavy atom. The second kappa shape index (κ2) is 9.41. The Kier molecular flexibility index (Phi) is 8.10. The Hall–Kier alpha value is -1.80. The number of rotatable bonds is 2. The van der Waals surface area contributed by atoms with Gasteiger partial charge in [0, 0.05) is 9.50 Å². The molecule has 0 aliphatic carbocycles. The van der Waals surface area contributed by atoms with E-state index in [1.54, 1.807) is 53.7 Å². The summed E-state index contributed by atoms with van der Waals surface area (Å²) < 4.78 is 11.2. The lowest BCUT2D eigenvalue weighted by atomic mass is 10.2. The molecule has 1 aromatic carbocycles. The molecule has 0 aliphatic heterocycles. The van der Waals surface area contributed by atoms with Crippen LogP contribution in [0.15, 0.2) is 27.7 Å². The van der Waals surface area contributed by atoms with Gasteiger partial charge in [-0.25, -0.2) is 14.6 Å². The number of ether oxygens (including phenoxy) is 2. The summed E-state index contributed by atoms with van der Waals surface area (Å²) in [5, 5.41) is 5.33. The van der Waals surface area contributed by atoms with Crippen molar-refractivity contribution in [3.8, 4) is 0 Å². The summed E-state index contributed by atoms with van der Waals surface area (Å²) in [5.74, 6) is -0.0996. The summed E-state index contributed by atoms with van der Waals surface area (Å²) in [7, 11) is 0. The topological polar surface area (TPSA) is 89.0 Å². The van der Waals surface area contributed by atoms with E-state index in [-0.39, 0.29) is 12.5 Å². The first-order valence-corrected chi connectivity index (χ1v) is 9.41. The highest BCUT2D eigenvalue weighted by Gasteiger charge is 2.21. The zero-order valence-corrected chi connectivity index (χ0v) is 18.6. The Labute approximate surface area is 173 Å². The molecule has 1 rings (SSSR count). The summed E-state index contributed by atoms with van der Waals surface area (Å²) in [5.41, 5.74) is -0.680. The van der Waals surface area contributed by atoms with Gasteiger partial charge < -0.3 is 9.47 Å². The van der Waals surface area contributed by atoms with Gasteiger partial charge in [0.05, 0.1) is 6.54 Å². The molecule has 0 atom stereocenters. The van der Waals surface area contributed by atoms with Gasteiger partial charge in [0.15, 0.2) is 0 Å². The standard InChI is InChI=1S/C18H25BrClN3O4/c1-17(2,3)26-15(24)22-14(23-16(25)27-18(4,5)6)21-10-11-7-8-12(19)9-13(11)20/h7-9H,10H2,1-6H3,(H2,21,22,23,24,25). The first-order valence-electron chi connectivity index (χ1n) is 8.23. The fourth-order valence-corrected chi connectivity index (χ4v) is 2.46. The molecule has 9 heteroatoms. The van der Waals surface area contributed by atoms with Gasteiger partial charge in [-0.05, 0) is 59.2 Å². The first-order chi connectivity index (χ1) is 12.2. The molecule has 2 N–H and O–H groups in total. The number of carbonyl (C=O) groups excluding carboxylic acids is 2. The number of carbonyl (C=O) groups is 2. The first kappa shape index (κ1) is 23.2. The van der Waals surface area contributed by atoms with E-state index < -0.39 is 23.4 Å². The molecule has 0 radical (unpaired) electrons. The number of guanidine groups is 1. The molecule has 0 bridgehead atoms. The number of aliphatic imine (C=N–C) groups is 1. The van der Waals surface area contributed by atoms with Gasteiger partial charge in [-0.3, -0.25) is 10.6 Å². The minimum atomic E-state index is -0.751. The van der Waals surface area contributed by atoms with E-state index in [0.717, 1.165) is 4.47 Å². The highest BCUT2D eigenvalue weighted by molar-refractivity contribution is 9.10. The molecular formula is C18H25BrClN3O4. The zero-order valence-electron chi connectivity index (χ0n) is 16.3. The van der Waals surface area contributed by atoms with E-state index in [2.05, 4.69) is 31.6 Å². The van der Waals surface area contributed by atoms with Crippen LogP contribution < -0.4 is 10.6 Å². The van der Waals surface area contributed by atoms with E-state index in [1.165, 1.54) is 0 Å². The van der Waals surface area contributed by atoms with Crippen molar-refractivity contribution in [2.45, 2.75) is 59.3 Å². The molecule has 2 amide bonds. The van der Waals surface area contributed by atoms with Gasteiger partial charge in [-0.2, -0.15) is 0 Å². The number of alkyl carbamates (subject to hydrolysis) is 2. The van der Waals surface area contributed by atoms with E-state index in [9.17, 15) is 9.59 Å². The number of nitrogens with one attached hydrogen (secondary N) is 2. The maximum atomic E-state index is 12.0. The lowest BCUT2D eigenvalue weighted by Crippen LogP contribution is -2.47. The molecular weight excluding hydrogens is 438 g/mol. The summed E-state index contributed by atoms with van der Waals surface area (Å²) in [6, 6.07) is 5.34. The lowest BCUT2D eigenvalue weighted by molar-refractivity contribution is 0.0545. The molecule has 27 heavy (non-hydrogen) atoms. The fourth-order valence-electron chi connectivity index (χ4n) is 1.73. The predicted molar refractivity (Wildman–Crippen MR) is 109 cm³/mol. The highest BCUT2D eigenvalue weighted by Crippen LogP contribution is 2.22. The van der Waals surface area contributed by atoms with Crippen LogP contribution >= 0.6 is 27.5 Å². The van der Waals surface area contributed by atoms with Crippen molar-refractivity contribution in [1.82, 2.24) is 10.6 Å². The predicted octanol–water partition coefficient (Wildman–Crippen LogP) is 5.01. The second-order valence-corrected chi connectivity index (χ2v) is 8.98. The van der Waals surface area contributed by atoms with Crippen molar-refractivity contribution >= 4 is 45.7 Å². The van der Waals surface area contributed by atoms with Gasteiger partial charge >= 0.3 is 12.2 Å². The van der Waals surface area contributed by atoms with Crippen molar-refractivity contribution < 1.29 is 19.1 Å². The molecule has 0 fully saturated rings. The Balaban J connectivity index is 2.94. The summed E-state index contributed by atoms with van der Waals surface area (Å²) in [4.78, 5) is 28.3. The van der Waals surface area contributed by atoms with Crippen LogP contribution in [0.2, 0.25) is 5.02 Å². The van der Waals surface area contributed by atoms with Crippen LogP contribution in [-0.2, 0) is 16.0 Å². The Morgan fingerprint density at radius 3 is 1.93 bits per heavy atom. The highest BCUT2D eigenvalue weighted by atomic mass is 79.9. The summed E-state index contributed by atoms with van der Waals surface area (Å²) >= 11 is 9.51. The van der Waals surface area contributed by atoms with Crippen molar-refractivity contribution in [2.75, 3.05) is 0 Å². The normalized spacial score (nSPS) is 11.4. The van der Waals surface area contributed by atoms with Crippen LogP contribution in [-0.4, -0.2) is 29.3 Å². The molecule has 0 unspecified atom stereocenters. The average molecular weight is 463 g/mol. The van der Waals surface area contributed by atoms with E-state index in [4.69, 9.17) is 21.1 Å². The molecule has 0 saturated heterocycles. The Bertz CT molecular complexity index is 692. The van der Waals surface area contributed by atoms with Crippen molar-refractivity contribution in [1.29, 1.82) is 0 Å². The molecule has 0 heterocycles. The summed E-state index contributed by atoms with van der Waals surface area (Å²) in [6.07, 6.45) is -1.50. The third-order valence-corrected chi connectivity index (χ3v) is 3.51. The van der Waals surface area contributed by atoms with Crippen LogP contribution in [0.5, 0.6) is 0 Å².